The van der Waals surface area contributed by atoms with Gasteiger partial charge in [0.15, 0.2) is 0 Å². The average molecular weight is 266 g/mol. The lowest BCUT2D eigenvalue weighted by Gasteiger charge is -2.26. The largest absolute Gasteiger partial charge is 0.481 e. The van der Waals surface area contributed by atoms with Crippen LogP contribution >= 0.6 is 0 Å². The molecule has 2 N–H and O–H groups in total. The zero-order valence-electron chi connectivity index (χ0n) is 10.3. The van der Waals surface area contributed by atoms with E-state index in [4.69, 9.17) is 5.11 Å². The first-order valence-corrected chi connectivity index (χ1v) is 6.22. The monoisotopic (exact) mass is 266 g/mol. The highest BCUT2D eigenvalue weighted by Crippen LogP contribution is 2.24. The number of nitrogens with zero attached hydrogens (tertiary/aromatic N) is 1. The van der Waals surface area contributed by atoms with Crippen molar-refractivity contribution in [2.45, 2.75) is 31.7 Å². The van der Waals surface area contributed by atoms with Gasteiger partial charge in [0, 0.05) is 6.04 Å². The van der Waals surface area contributed by atoms with Crippen molar-refractivity contribution in [1.82, 2.24) is 10.3 Å². The van der Waals surface area contributed by atoms with E-state index in [1.807, 2.05) is 0 Å². The Balaban J connectivity index is 1.89. The Bertz CT molecular complexity index is 485. The molecule has 1 aromatic rings. The number of nitrogens with one attached hydrogen (secondary N) is 1. The maximum absolute atomic E-state index is 12.9. The van der Waals surface area contributed by atoms with Crippen LogP contribution in [0.5, 0.6) is 0 Å². The summed E-state index contributed by atoms with van der Waals surface area (Å²) < 4.78 is 12.9. The normalized spacial score (nSPS) is 22.8. The fraction of sp³-hybridized carbons (Fsp3) is 0.462. The van der Waals surface area contributed by atoms with Crippen LogP contribution in [0, 0.1) is 11.9 Å². The molecule has 102 valence electrons. The Morgan fingerprint density at radius 2 is 1.95 bits per heavy atom. The molecule has 1 saturated carbocycles. The number of pyridine rings is 1. The first-order valence-electron chi connectivity index (χ1n) is 6.22. The number of hydrogen-bond donors (Lipinski definition) is 2. The van der Waals surface area contributed by atoms with Crippen LogP contribution in [-0.4, -0.2) is 28.0 Å². The van der Waals surface area contributed by atoms with Crippen molar-refractivity contribution in [3.63, 3.8) is 0 Å². The van der Waals surface area contributed by atoms with Crippen molar-refractivity contribution in [1.29, 1.82) is 0 Å². The van der Waals surface area contributed by atoms with Crippen molar-refractivity contribution in [2.24, 2.45) is 5.92 Å². The van der Waals surface area contributed by atoms with Gasteiger partial charge < -0.3 is 10.4 Å². The van der Waals surface area contributed by atoms with Gasteiger partial charge >= 0.3 is 5.97 Å². The SMILES string of the molecule is O=C(NC1CCC(C(=O)O)CC1)c1cccc(F)n1. The highest BCUT2D eigenvalue weighted by molar-refractivity contribution is 5.92. The summed E-state index contributed by atoms with van der Waals surface area (Å²) in [6.07, 6.45) is 2.35. The van der Waals surface area contributed by atoms with E-state index in [1.165, 1.54) is 18.2 Å². The van der Waals surface area contributed by atoms with Crippen LogP contribution in [0.2, 0.25) is 0 Å². The van der Waals surface area contributed by atoms with Gasteiger partial charge in [0.05, 0.1) is 5.92 Å². The Hall–Kier alpha value is -1.98. The summed E-state index contributed by atoms with van der Waals surface area (Å²) >= 11 is 0. The second kappa shape index (κ2) is 5.77. The van der Waals surface area contributed by atoms with Gasteiger partial charge in [0.2, 0.25) is 5.95 Å². The number of carbonyl (C=O) groups is 2. The lowest BCUT2D eigenvalue weighted by Crippen LogP contribution is -2.39. The molecule has 1 amide bonds. The molecule has 1 aromatic heterocycles. The maximum Gasteiger partial charge on any atom is 0.306 e. The van der Waals surface area contributed by atoms with Gasteiger partial charge in [-0.3, -0.25) is 9.59 Å². The number of carboxylic acid groups (broad SMARTS) is 1. The minimum Gasteiger partial charge on any atom is -0.481 e. The topological polar surface area (TPSA) is 79.3 Å². The van der Waals surface area contributed by atoms with Crippen molar-refractivity contribution in [3.05, 3.63) is 29.8 Å². The number of aliphatic carboxylic acids is 1. The van der Waals surface area contributed by atoms with Gasteiger partial charge in [-0.15, -0.1) is 0 Å². The second-order valence-electron chi connectivity index (χ2n) is 4.71. The number of hydrogen-bond acceptors (Lipinski definition) is 3. The fourth-order valence-corrected chi connectivity index (χ4v) is 2.28. The Morgan fingerprint density at radius 1 is 1.26 bits per heavy atom. The van der Waals surface area contributed by atoms with Crippen molar-refractivity contribution >= 4 is 11.9 Å². The molecule has 1 fully saturated rings. The van der Waals surface area contributed by atoms with E-state index in [9.17, 15) is 14.0 Å². The third-order valence-corrected chi connectivity index (χ3v) is 3.36. The summed E-state index contributed by atoms with van der Waals surface area (Å²) in [7, 11) is 0. The molecule has 0 saturated heterocycles. The van der Waals surface area contributed by atoms with Crippen LogP contribution in [0.4, 0.5) is 4.39 Å². The first-order chi connectivity index (χ1) is 9.06. The van der Waals surface area contributed by atoms with Crippen LogP contribution in [0.15, 0.2) is 18.2 Å². The zero-order valence-corrected chi connectivity index (χ0v) is 10.3. The number of amides is 1. The molecule has 0 aromatic carbocycles. The summed E-state index contributed by atoms with van der Waals surface area (Å²) in [5, 5.41) is 11.6. The molecule has 1 aliphatic rings. The molecule has 0 aliphatic heterocycles. The molecule has 2 rings (SSSR count). The second-order valence-corrected chi connectivity index (χ2v) is 4.71. The molecule has 1 heterocycles. The molecule has 0 spiro atoms. The summed E-state index contributed by atoms with van der Waals surface area (Å²) in [6.45, 7) is 0. The number of halogens is 1. The van der Waals surface area contributed by atoms with Gasteiger partial charge in [-0.1, -0.05) is 6.07 Å². The van der Waals surface area contributed by atoms with E-state index in [0.29, 0.717) is 25.7 Å². The molecule has 0 unspecified atom stereocenters. The summed E-state index contributed by atoms with van der Waals surface area (Å²) in [5.41, 5.74) is 0.0420. The third kappa shape index (κ3) is 3.49. The third-order valence-electron chi connectivity index (χ3n) is 3.36. The minimum absolute atomic E-state index is 0.0420. The molecule has 0 radical (unpaired) electrons. The van der Waals surface area contributed by atoms with Gasteiger partial charge in [-0.05, 0) is 37.8 Å². The molecular formula is C13H15FN2O3. The Kier molecular flexibility index (Phi) is 4.09. The predicted molar refractivity (Wildman–Crippen MR) is 65.0 cm³/mol. The van der Waals surface area contributed by atoms with Gasteiger partial charge in [-0.25, -0.2) is 4.98 Å². The highest BCUT2D eigenvalue weighted by Gasteiger charge is 2.27. The average Bonchev–Trinajstić information content (AvgIpc) is 2.39. The van der Waals surface area contributed by atoms with Crippen molar-refractivity contribution in [3.8, 4) is 0 Å². The molecule has 1 aliphatic carbocycles. The van der Waals surface area contributed by atoms with Gasteiger partial charge in [0.1, 0.15) is 5.69 Å². The van der Waals surface area contributed by atoms with Gasteiger partial charge in [0.25, 0.3) is 5.91 Å². The number of rotatable bonds is 3. The highest BCUT2D eigenvalue weighted by atomic mass is 19.1. The van der Waals surface area contributed by atoms with E-state index in [2.05, 4.69) is 10.3 Å². The molecule has 5 nitrogen and oxygen atoms in total. The van der Waals surface area contributed by atoms with Crippen molar-refractivity contribution < 1.29 is 19.1 Å². The lowest BCUT2D eigenvalue weighted by molar-refractivity contribution is -0.142. The summed E-state index contributed by atoms with van der Waals surface area (Å²) in [4.78, 5) is 26.1. The van der Waals surface area contributed by atoms with Crippen LogP contribution < -0.4 is 5.32 Å². The number of aromatic nitrogens is 1. The van der Waals surface area contributed by atoms with E-state index in [1.54, 1.807) is 0 Å². The predicted octanol–water partition coefficient (Wildman–Crippen LogP) is 1.59. The van der Waals surface area contributed by atoms with Crippen LogP contribution in [-0.2, 0) is 4.79 Å². The van der Waals surface area contributed by atoms with Crippen LogP contribution in [0.1, 0.15) is 36.2 Å². The molecule has 6 heteroatoms. The van der Waals surface area contributed by atoms with E-state index in [-0.39, 0.29) is 17.7 Å². The minimum atomic E-state index is -0.781. The fourth-order valence-electron chi connectivity index (χ4n) is 2.28. The van der Waals surface area contributed by atoms with Crippen LogP contribution in [0.25, 0.3) is 0 Å². The molecule has 0 bridgehead atoms. The zero-order chi connectivity index (χ0) is 13.8. The Morgan fingerprint density at radius 3 is 2.53 bits per heavy atom. The summed E-state index contributed by atoms with van der Waals surface area (Å²) in [5.74, 6) is -2.21. The smallest absolute Gasteiger partial charge is 0.306 e. The molecule has 0 atom stereocenters. The van der Waals surface area contributed by atoms with E-state index in [0.717, 1.165) is 0 Å². The van der Waals surface area contributed by atoms with E-state index >= 15 is 0 Å². The quantitative estimate of drug-likeness (QED) is 0.814. The number of carbonyl (C=O) groups excluding carboxylic acids is 1. The summed E-state index contributed by atoms with van der Waals surface area (Å²) in [6, 6.07) is 3.99. The molecule has 19 heavy (non-hydrogen) atoms. The number of carboxylic acids is 1. The maximum atomic E-state index is 12.9. The van der Waals surface area contributed by atoms with Gasteiger partial charge in [-0.2, -0.15) is 4.39 Å². The van der Waals surface area contributed by atoms with Crippen LogP contribution in [0.3, 0.4) is 0 Å². The van der Waals surface area contributed by atoms with E-state index < -0.39 is 17.8 Å². The first kappa shape index (κ1) is 13.5. The standard InChI is InChI=1S/C13H15FN2O3/c14-11-3-1-2-10(16-11)12(17)15-9-6-4-8(5-7-9)13(18)19/h1-3,8-9H,4-7H2,(H,15,17)(H,18,19). The molecular weight excluding hydrogens is 251 g/mol. The lowest BCUT2D eigenvalue weighted by atomic mass is 9.86. The Labute approximate surface area is 109 Å². The van der Waals surface area contributed by atoms with Crippen molar-refractivity contribution in [2.75, 3.05) is 0 Å².